The summed E-state index contributed by atoms with van der Waals surface area (Å²) in [5.41, 5.74) is 0.258. The first-order chi connectivity index (χ1) is 10.6. The van der Waals surface area contributed by atoms with Gasteiger partial charge >= 0.3 is 11.8 Å². The summed E-state index contributed by atoms with van der Waals surface area (Å²) in [5.74, 6) is -1.98. The summed E-state index contributed by atoms with van der Waals surface area (Å²) in [5, 5.41) is 4.91. The molecule has 1 aliphatic heterocycles. The number of anilines is 1. The zero-order valence-electron chi connectivity index (χ0n) is 12.3. The second kappa shape index (κ2) is 8.45. The fraction of sp³-hybridized carbons (Fsp3) is 0.467. The van der Waals surface area contributed by atoms with Gasteiger partial charge in [0.2, 0.25) is 0 Å². The van der Waals surface area contributed by atoms with Crippen LogP contribution < -0.4 is 10.6 Å². The van der Waals surface area contributed by atoms with Gasteiger partial charge in [-0.1, -0.05) is 6.07 Å². The first-order valence-electron chi connectivity index (χ1n) is 7.30. The van der Waals surface area contributed by atoms with E-state index in [1.807, 2.05) is 0 Å². The van der Waals surface area contributed by atoms with Crippen LogP contribution in [0.4, 0.5) is 10.1 Å². The number of morpholine rings is 1. The van der Waals surface area contributed by atoms with Gasteiger partial charge < -0.3 is 15.4 Å². The summed E-state index contributed by atoms with van der Waals surface area (Å²) in [6.07, 6.45) is 0.763. The van der Waals surface area contributed by atoms with Crippen molar-refractivity contribution in [2.24, 2.45) is 0 Å². The Kier molecular flexibility index (Phi) is 6.29. The molecule has 1 aromatic carbocycles. The number of nitrogens with one attached hydrogen (secondary N) is 2. The van der Waals surface area contributed by atoms with Gasteiger partial charge in [-0.2, -0.15) is 0 Å². The minimum atomic E-state index is -0.794. The van der Waals surface area contributed by atoms with Crippen LogP contribution in [0.3, 0.4) is 0 Å². The maximum absolute atomic E-state index is 13.0. The van der Waals surface area contributed by atoms with Crippen molar-refractivity contribution >= 4 is 17.5 Å². The molecule has 6 nitrogen and oxygen atoms in total. The molecule has 0 spiro atoms. The van der Waals surface area contributed by atoms with Crippen molar-refractivity contribution in [2.45, 2.75) is 6.42 Å². The second-order valence-electron chi connectivity index (χ2n) is 5.03. The fourth-order valence-corrected chi connectivity index (χ4v) is 2.16. The Hall–Kier alpha value is -1.99. The maximum Gasteiger partial charge on any atom is 0.313 e. The van der Waals surface area contributed by atoms with Crippen LogP contribution in [0.2, 0.25) is 0 Å². The van der Waals surface area contributed by atoms with Gasteiger partial charge in [0, 0.05) is 25.3 Å². The van der Waals surface area contributed by atoms with E-state index in [0.29, 0.717) is 6.54 Å². The van der Waals surface area contributed by atoms with Gasteiger partial charge in [-0.15, -0.1) is 0 Å². The van der Waals surface area contributed by atoms with Crippen molar-refractivity contribution in [1.29, 1.82) is 0 Å². The third kappa shape index (κ3) is 5.42. The van der Waals surface area contributed by atoms with Crippen LogP contribution >= 0.6 is 0 Å². The van der Waals surface area contributed by atoms with E-state index in [4.69, 9.17) is 4.74 Å². The number of carbonyl (C=O) groups is 2. The summed E-state index contributed by atoms with van der Waals surface area (Å²) in [4.78, 5) is 25.5. The molecule has 120 valence electrons. The Labute approximate surface area is 128 Å². The summed E-state index contributed by atoms with van der Waals surface area (Å²) in [6, 6.07) is 5.41. The lowest BCUT2D eigenvalue weighted by Gasteiger charge is -2.26. The Bertz CT molecular complexity index is 519. The molecule has 0 atom stereocenters. The molecule has 1 fully saturated rings. The highest BCUT2D eigenvalue weighted by Crippen LogP contribution is 2.08. The van der Waals surface area contributed by atoms with Gasteiger partial charge in [0.15, 0.2) is 0 Å². The van der Waals surface area contributed by atoms with Crippen molar-refractivity contribution in [3.8, 4) is 0 Å². The fourth-order valence-electron chi connectivity index (χ4n) is 2.16. The average Bonchev–Trinajstić information content (AvgIpc) is 2.52. The zero-order valence-corrected chi connectivity index (χ0v) is 12.3. The van der Waals surface area contributed by atoms with Gasteiger partial charge in [0.25, 0.3) is 0 Å². The standard InChI is InChI=1S/C15H20FN3O3/c16-12-3-1-4-13(11-12)18-15(21)14(20)17-5-2-6-19-7-9-22-10-8-19/h1,3-4,11H,2,5-10H2,(H,17,20)(H,18,21). The quantitative estimate of drug-likeness (QED) is 0.617. The molecule has 1 saturated heterocycles. The minimum absolute atomic E-state index is 0.258. The van der Waals surface area contributed by atoms with Gasteiger partial charge in [-0.05, 0) is 31.2 Å². The lowest BCUT2D eigenvalue weighted by atomic mass is 10.3. The van der Waals surface area contributed by atoms with Gasteiger partial charge in [0.05, 0.1) is 13.2 Å². The average molecular weight is 309 g/mol. The highest BCUT2D eigenvalue weighted by atomic mass is 19.1. The third-order valence-electron chi connectivity index (χ3n) is 3.33. The molecule has 0 aliphatic carbocycles. The molecular weight excluding hydrogens is 289 g/mol. The number of carbonyl (C=O) groups excluding carboxylic acids is 2. The number of halogens is 1. The van der Waals surface area contributed by atoms with Crippen molar-refractivity contribution in [3.63, 3.8) is 0 Å². The molecule has 1 aromatic rings. The molecule has 2 amide bonds. The normalized spacial score (nSPS) is 15.3. The van der Waals surface area contributed by atoms with Crippen LogP contribution in [0, 0.1) is 5.82 Å². The second-order valence-corrected chi connectivity index (χ2v) is 5.03. The van der Waals surface area contributed by atoms with E-state index in [1.54, 1.807) is 0 Å². The molecule has 0 aromatic heterocycles. The van der Waals surface area contributed by atoms with Crippen molar-refractivity contribution in [2.75, 3.05) is 44.7 Å². The smallest absolute Gasteiger partial charge is 0.313 e. The number of ether oxygens (including phenoxy) is 1. The predicted molar refractivity (Wildman–Crippen MR) is 79.9 cm³/mol. The minimum Gasteiger partial charge on any atom is -0.379 e. The van der Waals surface area contributed by atoms with Crippen LogP contribution in [0.15, 0.2) is 24.3 Å². The molecule has 0 saturated carbocycles. The van der Waals surface area contributed by atoms with E-state index in [2.05, 4.69) is 15.5 Å². The van der Waals surface area contributed by atoms with Crippen molar-refractivity contribution in [3.05, 3.63) is 30.1 Å². The Morgan fingerprint density at radius 2 is 2.00 bits per heavy atom. The van der Waals surface area contributed by atoms with E-state index >= 15 is 0 Å². The van der Waals surface area contributed by atoms with E-state index < -0.39 is 17.6 Å². The molecule has 0 unspecified atom stereocenters. The van der Waals surface area contributed by atoms with Crippen LogP contribution in [-0.4, -0.2) is 56.1 Å². The molecule has 1 heterocycles. The largest absolute Gasteiger partial charge is 0.379 e. The first kappa shape index (κ1) is 16.4. The van der Waals surface area contributed by atoms with Crippen LogP contribution in [-0.2, 0) is 14.3 Å². The van der Waals surface area contributed by atoms with E-state index in [0.717, 1.165) is 45.3 Å². The van der Waals surface area contributed by atoms with E-state index in [1.165, 1.54) is 18.2 Å². The third-order valence-corrected chi connectivity index (χ3v) is 3.33. The molecular formula is C15H20FN3O3. The summed E-state index contributed by atoms with van der Waals surface area (Å²) in [7, 11) is 0. The van der Waals surface area contributed by atoms with Crippen LogP contribution in [0.25, 0.3) is 0 Å². The number of nitrogens with zero attached hydrogens (tertiary/aromatic N) is 1. The molecule has 0 bridgehead atoms. The van der Waals surface area contributed by atoms with Crippen LogP contribution in [0.1, 0.15) is 6.42 Å². The Balaban J connectivity index is 1.64. The summed E-state index contributed by atoms with van der Waals surface area (Å²) >= 11 is 0. The first-order valence-corrected chi connectivity index (χ1v) is 7.30. The summed E-state index contributed by atoms with van der Waals surface area (Å²) < 4.78 is 18.2. The van der Waals surface area contributed by atoms with Crippen molar-refractivity contribution in [1.82, 2.24) is 10.2 Å². The van der Waals surface area contributed by atoms with E-state index in [-0.39, 0.29) is 5.69 Å². The van der Waals surface area contributed by atoms with Gasteiger partial charge in [-0.25, -0.2) is 4.39 Å². The molecule has 22 heavy (non-hydrogen) atoms. The predicted octanol–water partition coefficient (Wildman–Crippen LogP) is 0.603. The molecule has 2 N–H and O–H groups in total. The molecule has 2 rings (SSSR count). The van der Waals surface area contributed by atoms with Gasteiger partial charge in [-0.3, -0.25) is 14.5 Å². The number of benzene rings is 1. The Morgan fingerprint density at radius 3 is 2.73 bits per heavy atom. The number of hydrogen-bond acceptors (Lipinski definition) is 4. The lowest BCUT2D eigenvalue weighted by molar-refractivity contribution is -0.136. The number of rotatable bonds is 5. The highest BCUT2D eigenvalue weighted by molar-refractivity contribution is 6.39. The van der Waals surface area contributed by atoms with Gasteiger partial charge in [0.1, 0.15) is 5.82 Å². The SMILES string of the molecule is O=C(NCCCN1CCOCC1)C(=O)Nc1cccc(F)c1. The number of hydrogen-bond donors (Lipinski definition) is 2. The lowest BCUT2D eigenvalue weighted by Crippen LogP contribution is -2.39. The zero-order chi connectivity index (χ0) is 15.8. The molecule has 0 radical (unpaired) electrons. The van der Waals surface area contributed by atoms with Crippen LogP contribution in [0.5, 0.6) is 0 Å². The Morgan fingerprint density at radius 1 is 1.23 bits per heavy atom. The highest BCUT2D eigenvalue weighted by Gasteiger charge is 2.14. The number of amides is 2. The van der Waals surface area contributed by atoms with Crippen molar-refractivity contribution < 1.29 is 18.7 Å². The van der Waals surface area contributed by atoms with E-state index in [9.17, 15) is 14.0 Å². The molecule has 7 heteroatoms. The molecule has 1 aliphatic rings. The maximum atomic E-state index is 13.0. The summed E-state index contributed by atoms with van der Waals surface area (Å²) in [6.45, 7) is 4.55. The monoisotopic (exact) mass is 309 g/mol. The topological polar surface area (TPSA) is 70.7 Å².